The first-order valence-corrected chi connectivity index (χ1v) is 11.4. The Labute approximate surface area is 181 Å². The number of halogens is 2. The van der Waals surface area contributed by atoms with Crippen molar-refractivity contribution < 1.29 is 18.1 Å². The molecule has 0 aliphatic heterocycles. The summed E-state index contributed by atoms with van der Waals surface area (Å²) < 4.78 is 33.9. The summed E-state index contributed by atoms with van der Waals surface area (Å²) in [6.45, 7) is 3.82. The van der Waals surface area contributed by atoms with Gasteiger partial charge >= 0.3 is 0 Å². The van der Waals surface area contributed by atoms with Crippen molar-refractivity contribution in [3.05, 3.63) is 92.3 Å². The van der Waals surface area contributed by atoms with Gasteiger partial charge in [0.1, 0.15) is 11.0 Å². The summed E-state index contributed by atoms with van der Waals surface area (Å²) in [7, 11) is -4.61. The lowest BCUT2D eigenvalue weighted by Gasteiger charge is -2.47. The van der Waals surface area contributed by atoms with E-state index in [4.69, 9.17) is 23.2 Å². The first kappa shape index (κ1) is 22.1. The quantitative estimate of drug-likeness (QED) is 0.585. The zero-order valence-electron chi connectivity index (χ0n) is 16.0. The van der Waals surface area contributed by atoms with Gasteiger partial charge in [0.25, 0.3) is 10.1 Å². The largest absolute Gasteiger partial charge is 0.386 e. The Balaban J connectivity index is 2.37. The number of allylic oxidation sites excluding steroid dienone is 2. The zero-order valence-corrected chi connectivity index (χ0v) is 18.3. The molecule has 154 valence electrons. The molecule has 1 aliphatic carbocycles. The molecule has 3 unspecified atom stereocenters. The highest BCUT2D eigenvalue weighted by Crippen LogP contribution is 2.53. The highest BCUT2D eigenvalue weighted by atomic mass is 35.5. The molecule has 4 nitrogen and oxygen atoms in total. The molecule has 0 heterocycles. The van der Waals surface area contributed by atoms with Crippen molar-refractivity contribution in [3.8, 4) is 0 Å². The van der Waals surface area contributed by atoms with Crippen LogP contribution in [0.4, 0.5) is 0 Å². The number of hydrogen-bond acceptors (Lipinski definition) is 3. The normalized spacial score (nSPS) is 23.3. The van der Waals surface area contributed by atoms with Crippen LogP contribution in [0.25, 0.3) is 0 Å². The lowest BCUT2D eigenvalue weighted by atomic mass is 9.58. The average Bonchev–Trinajstić information content (AvgIpc) is 2.67. The molecule has 0 bridgehead atoms. The zero-order chi connectivity index (χ0) is 21.4. The second-order valence-corrected chi connectivity index (χ2v) is 9.40. The van der Waals surface area contributed by atoms with E-state index < -0.39 is 26.5 Å². The molecule has 29 heavy (non-hydrogen) atoms. The first-order chi connectivity index (χ1) is 13.6. The van der Waals surface area contributed by atoms with Gasteiger partial charge in [0.2, 0.25) is 0 Å². The van der Waals surface area contributed by atoms with Crippen LogP contribution in [0.1, 0.15) is 37.3 Å². The van der Waals surface area contributed by atoms with Crippen LogP contribution in [0.2, 0.25) is 10.0 Å². The van der Waals surface area contributed by atoms with Crippen LogP contribution in [0.5, 0.6) is 0 Å². The third-order valence-corrected chi connectivity index (χ3v) is 7.40. The number of hydrogen-bond donors (Lipinski definition) is 2. The molecular weight excluding hydrogens is 431 g/mol. The van der Waals surface area contributed by atoms with E-state index in [9.17, 15) is 18.1 Å². The van der Waals surface area contributed by atoms with E-state index in [1.165, 1.54) is 6.08 Å². The Kier molecular flexibility index (Phi) is 6.27. The van der Waals surface area contributed by atoms with E-state index in [0.717, 1.165) is 11.1 Å². The van der Waals surface area contributed by atoms with Gasteiger partial charge in [-0.25, -0.2) is 0 Å². The summed E-state index contributed by atoms with van der Waals surface area (Å²) in [5, 5.41) is 12.1. The number of aliphatic hydroxyl groups excluding tert-OH is 1. The number of aliphatic hydroxyl groups is 1. The summed E-state index contributed by atoms with van der Waals surface area (Å²) in [6.07, 6.45) is 1.97. The van der Waals surface area contributed by atoms with E-state index in [0.29, 0.717) is 22.0 Å². The van der Waals surface area contributed by atoms with Gasteiger partial charge in [-0.3, -0.25) is 4.55 Å². The predicted molar refractivity (Wildman–Crippen MR) is 117 cm³/mol. The van der Waals surface area contributed by atoms with E-state index in [2.05, 4.69) is 0 Å². The Bertz CT molecular complexity index is 1080. The van der Waals surface area contributed by atoms with Crippen LogP contribution in [0.15, 0.2) is 71.2 Å². The molecule has 3 rings (SSSR count). The van der Waals surface area contributed by atoms with Gasteiger partial charge in [-0.15, -0.1) is 0 Å². The summed E-state index contributed by atoms with van der Waals surface area (Å²) in [4.78, 5) is -0.441. The molecule has 1 aliphatic rings. The molecule has 0 radical (unpaired) electrons. The number of rotatable bonds is 5. The molecule has 2 N–H and O–H groups in total. The fourth-order valence-electron chi connectivity index (χ4n) is 4.41. The van der Waals surface area contributed by atoms with Crippen LogP contribution in [-0.2, 0) is 15.5 Å². The van der Waals surface area contributed by atoms with Gasteiger partial charge in [-0.05, 0) is 48.6 Å². The highest BCUT2D eigenvalue weighted by Gasteiger charge is 2.52. The molecule has 0 saturated heterocycles. The molecule has 0 fully saturated rings. The number of benzene rings is 2. The van der Waals surface area contributed by atoms with Crippen LogP contribution in [0.3, 0.4) is 0 Å². The lowest BCUT2D eigenvalue weighted by molar-refractivity contribution is 0.115. The second-order valence-electron chi connectivity index (χ2n) is 7.17. The molecule has 7 heteroatoms. The van der Waals surface area contributed by atoms with E-state index in [1.807, 2.05) is 44.2 Å². The fourth-order valence-corrected chi connectivity index (χ4v) is 5.42. The molecule has 3 atom stereocenters. The molecular formula is C22H22Cl2O4S. The van der Waals surface area contributed by atoms with E-state index in [-0.39, 0.29) is 5.92 Å². The van der Waals surface area contributed by atoms with Gasteiger partial charge in [-0.1, -0.05) is 78.2 Å². The van der Waals surface area contributed by atoms with Crippen LogP contribution in [0, 0.1) is 0 Å². The topological polar surface area (TPSA) is 74.6 Å². The van der Waals surface area contributed by atoms with Crippen LogP contribution in [-0.4, -0.2) is 24.2 Å². The second kappa shape index (κ2) is 8.25. The Hall–Kier alpha value is -1.63. The molecule has 0 saturated carbocycles. The van der Waals surface area contributed by atoms with Gasteiger partial charge in [0.05, 0.1) is 15.5 Å². The predicted octanol–water partition coefficient (Wildman–Crippen LogP) is 5.52. The lowest BCUT2D eigenvalue weighted by Crippen LogP contribution is -2.49. The first-order valence-electron chi connectivity index (χ1n) is 9.19. The Morgan fingerprint density at radius 1 is 1.07 bits per heavy atom. The van der Waals surface area contributed by atoms with E-state index in [1.54, 1.807) is 24.3 Å². The minimum atomic E-state index is -4.61. The standard InChI is InChI=1S/C22H22Cl2O4S/c1-3-17(15-7-5-4-6-8-15)22(16-10-11-18(23)19(24)13-16)14(2)9-12-20(21(22)25)29(26,27)28/h4-13,17,21,25H,3H2,1-2H3,(H,26,27,28). The maximum Gasteiger partial charge on any atom is 0.293 e. The molecule has 0 spiro atoms. The molecule has 2 aromatic carbocycles. The maximum atomic E-state index is 12.0. The molecule has 0 aromatic heterocycles. The average molecular weight is 453 g/mol. The fraction of sp³-hybridized carbons (Fsp3) is 0.273. The summed E-state index contributed by atoms with van der Waals surface area (Å²) in [6, 6.07) is 14.6. The van der Waals surface area contributed by atoms with Crippen molar-refractivity contribution in [3.63, 3.8) is 0 Å². The van der Waals surface area contributed by atoms with Crippen molar-refractivity contribution in [1.29, 1.82) is 0 Å². The summed E-state index contributed by atoms with van der Waals surface area (Å²) in [5.41, 5.74) is 1.15. The smallest absolute Gasteiger partial charge is 0.293 e. The van der Waals surface area contributed by atoms with Gasteiger partial charge in [0, 0.05) is 0 Å². The SMILES string of the molecule is CCC(c1ccccc1)C1(c2ccc(Cl)c(Cl)c2)C(C)=CC=C(S(=O)(=O)O)C1O. The molecule has 0 amide bonds. The van der Waals surface area contributed by atoms with Gasteiger partial charge < -0.3 is 5.11 Å². The highest BCUT2D eigenvalue weighted by molar-refractivity contribution is 7.89. The monoisotopic (exact) mass is 452 g/mol. The van der Waals surface area contributed by atoms with Crippen molar-refractivity contribution >= 4 is 33.3 Å². The van der Waals surface area contributed by atoms with Gasteiger partial charge in [0.15, 0.2) is 0 Å². The third-order valence-electron chi connectivity index (χ3n) is 5.71. The maximum absolute atomic E-state index is 12.0. The summed E-state index contributed by atoms with van der Waals surface area (Å²) >= 11 is 12.4. The Morgan fingerprint density at radius 2 is 1.72 bits per heavy atom. The van der Waals surface area contributed by atoms with Crippen molar-refractivity contribution in [1.82, 2.24) is 0 Å². The van der Waals surface area contributed by atoms with Crippen molar-refractivity contribution in [2.45, 2.75) is 37.7 Å². The van der Waals surface area contributed by atoms with E-state index >= 15 is 0 Å². The minimum absolute atomic E-state index is 0.294. The van der Waals surface area contributed by atoms with Crippen molar-refractivity contribution in [2.75, 3.05) is 0 Å². The molecule has 2 aromatic rings. The van der Waals surface area contributed by atoms with Crippen molar-refractivity contribution in [2.24, 2.45) is 0 Å². The minimum Gasteiger partial charge on any atom is -0.386 e. The summed E-state index contributed by atoms with van der Waals surface area (Å²) in [5.74, 6) is -0.294. The van der Waals surface area contributed by atoms with Gasteiger partial charge in [-0.2, -0.15) is 8.42 Å². The Morgan fingerprint density at radius 3 is 2.28 bits per heavy atom. The van der Waals surface area contributed by atoms with Crippen LogP contribution >= 0.6 is 23.2 Å². The third kappa shape index (κ3) is 3.78. The van der Waals surface area contributed by atoms with Crippen LogP contribution < -0.4 is 0 Å².